The minimum atomic E-state index is 0. The van der Waals surface area contributed by atoms with E-state index < -0.39 is 0 Å². The zero-order chi connectivity index (χ0) is 9.47. The molecule has 0 atom stereocenters. The molecule has 0 bridgehead atoms. The zero-order valence-corrected chi connectivity index (χ0v) is 14.4. The standard InChI is InChI=1S/C12H15N.2ClH.Zn/c1-9-11-7-5-4-6-10(11)8-12(2,3)13-9;;;/h4-7H,8H2,1-3H3;2*1H;/q;;;+2/p-2. The van der Waals surface area contributed by atoms with Gasteiger partial charge in [-0.25, -0.2) is 0 Å². The number of hydrogen-bond acceptors (Lipinski definition) is 1. The SMILES string of the molecule is CC1=NC(C)(C)Cc2ccccc21.[Cl-].[Cl-].[Zn+2]. The summed E-state index contributed by atoms with van der Waals surface area (Å²) in [5, 5.41) is 0. The molecule has 4 heteroatoms. The van der Waals surface area contributed by atoms with Crippen molar-refractivity contribution in [2.75, 3.05) is 0 Å². The first-order chi connectivity index (χ1) is 6.08. The Bertz CT molecular complexity index is 375. The topological polar surface area (TPSA) is 12.4 Å². The molecule has 1 aliphatic rings. The van der Waals surface area contributed by atoms with Gasteiger partial charge in [0, 0.05) is 5.71 Å². The molecule has 2 rings (SSSR count). The van der Waals surface area contributed by atoms with E-state index >= 15 is 0 Å². The Morgan fingerprint density at radius 2 is 1.69 bits per heavy atom. The van der Waals surface area contributed by atoms with Crippen molar-refractivity contribution in [1.82, 2.24) is 0 Å². The van der Waals surface area contributed by atoms with Gasteiger partial charge in [-0.2, -0.15) is 0 Å². The third kappa shape index (κ3) is 3.84. The summed E-state index contributed by atoms with van der Waals surface area (Å²) in [4.78, 5) is 4.67. The van der Waals surface area contributed by atoms with Crippen molar-refractivity contribution in [1.29, 1.82) is 0 Å². The molecule has 0 radical (unpaired) electrons. The molecule has 16 heavy (non-hydrogen) atoms. The minimum Gasteiger partial charge on any atom is -1.00 e. The van der Waals surface area contributed by atoms with Crippen molar-refractivity contribution >= 4 is 5.71 Å². The summed E-state index contributed by atoms with van der Waals surface area (Å²) in [6, 6.07) is 8.54. The van der Waals surface area contributed by atoms with E-state index in [0.29, 0.717) is 0 Å². The average molecular weight is 310 g/mol. The van der Waals surface area contributed by atoms with Gasteiger partial charge in [-0.05, 0) is 38.3 Å². The quantitative estimate of drug-likeness (QED) is 0.449. The summed E-state index contributed by atoms with van der Waals surface area (Å²) in [7, 11) is 0. The van der Waals surface area contributed by atoms with Crippen LogP contribution in [0.4, 0.5) is 0 Å². The molecule has 84 valence electrons. The van der Waals surface area contributed by atoms with Gasteiger partial charge < -0.3 is 24.8 Å². The Balaban J connectivity index is 0. The number of aliphatic imine (C=N–C) groups is 1. The molecule has 1 aliphatic heterocycles. The summed E-state index contributed by atoms with van der Waals surface area (Å²) in [6.07, 6.45) is 1.06. The monoisotopic (exact) mass is 307 g/mol. The van der Waals surface area contributed by atoms with Crippen LogP contribution >= 0.6 is 0 Å². The molecule has 0 fully saturated rings. The van der Waals surface area contributed by atoms with Gasteiger partial charge in [0.1, 0.15) is 0 Å². The normalized spacial score (nSPS) is 15.6. The van der Waals surface area contributed by atoms with Crippen LogP contribution in [0.3, 0.4) is 0 Å². The van der Waals surface area contributed by atoms with Crippen LogP contribution < -0.4 is 24.8 Å². The van der Waals surface area contributed by atoms with Gasteiger partial charge in [0.05, 0.1) is 5.54 Å². The molecule has 0 saturated carbocycles. The first-order valence-electron chi connectivity index (χ1n) is 4.73. The van der Waals surface area contributed by atoms with Gasteiger partial charge in [0.2, 0.25) is 0 Å². The first kappa shape index (κ1) is 18.5. The Kier molecular flexibility index (Phi) is 7.77. The van der Waals surface area contributed by atoms with Crippen LogP contribution in [0.25, 0.3) is 0 Å². The Labute approximate surface area is 123 Å². The second kappa shape index (κ2) is 6.74. The fourth-order valence-electron chi connectivity index (χ4n) is 2.05. The van der Waals surface area contributed by atoms with Gasteiger partial charge in [-0.15, -0.1) is 0 Å². The largest absolute Gasteiger partial charge is 2.00 e. The third-order valence-corrected chi connectivity index (χ3v) is 2.50. The summed E-state index contributed by atoms with van der Waals surface area (Å²) >= 11 is 0. The number of hydrogen-bond donors (Lipinski definition) is 0. The van der Waals surface area contributed by atoms with Crippen molar-refractivity contribution in [3.8, 4) is 0 Å². The average Bonchev–Trinajstić information content (AvgIpc) is 2.02. The van der Waals surface area contributed by atoms with Gasteiger partial charge in [0.15, 0.2) is 0 Å². The van der Waals surface area contributed by atoms with E-state index in [0.717, 1.165) is 6.42 Å². The molecular formula is C12H15Cl2NZn. The molecule has 0 aliphatic carbocycles. The van der Waals surface area contributed by atoms with Crippen LogP contribution in [0.2, 0.25) is 0 Å². The molecule has 0 saturated heterocycles. The molecule has 0 unspecified atom stereocenters. The molecule has 0 aromatic heterocycles. The fourth-order valence-corrected chi connectivity index (χ4v) is 2.05. The van der Waals surface area contributed by atoms with Crippen LogP contribution in [0.15, 0.2) is 29.3 Å². The second-order valence-electron chi connectivity index (χ2n) is 4.34. The predicted octanol–water partition coefficient (Wildman–Crippen LogP) is -3.16. The van der Waals surface area contributed by atoms with E-state index in [2.05, 4.69) is 50.0 Å². The van der Waals surface area contributed by atoms with Gasteiger partial charge in [0.25, 0.3) is 0 Å². The molecule has 0 amide bonds. The van der Waals surface area contributed by atoms with Crippen LogP contribution in [0, 0.1) is 0 Å². The van der Waals surface area contributed by atoms with Crippen molar-refractivity contribution in [3.63, 3.8) is 0 Å². The first-order valence-corrected chi connectivity index (χ1v) is 4.73. The van der Waals surface area contributed by atoms with Crippen molar-refractivity contribution < 1.29 is 44.3 Å². The molecule has 0 N–H and O–H groups in total. The van der Waals surface area contributed by atoms with E-state index in [4.69, 9.17) is 0 Å². The van der Waals surface area contributed by atoms with Gasteiger partial charge >= 0.3 is 19.5 Å². The minimum absolute atomic E-state index is 0. The van der Waals surface area contributed by atoms with Crippen molar-refractivity contribution in [2.24, 2.45) is 4.99 Å². The molecule has 1 heterocycles. The number of benzene rings is 1. The smallest absolute Gasteiger partial charge is 1.00 e. The van der Waals surface area contributed by atoms with E-state index in [1.54, 1.807) is 0 Å². The molecule has 1 aromatic rings. The summed E-state index contributed by atoms with van der Waals surface area (Å²) < 4.78 is 0. The van der Waals surface area contributed by atoms with Crippen LogP contribution in [0.5, 0.6) is 0 Å². The number of nitrogens with zero attached hydrogens (tertiary/aromatic N) is 1. The predicted molar refractivity (Wildman–Crippen MR) is 56.4 cm³/mol. The summed E-state index contributed by atoms with van der Waals surface area (Å²) in [6.45, 7) is 6.47. The fraction of sp³-hybridized carbons (Fsp3) is 0.417. The number of rotatable bonds is 0. The van der Waals surface area contributed by atoms with Gasteiger partial charge in [-0.1, -0.05) is 24.3 Å². The maximum Gasteiger partial charge on any atom is 2.00 e. The number of halogens is 2. The molecule has 1 nitrogen and oxygen atoms in total. The third-order valence-electron chi connectivity index (χ3n) is 2.50. The van der Waals surface area contributed by atoms with E-state index in [1.807, 2.05) is 0 Å². The van der Waals surface area contributed by atoms with E-state index in [1.165, 1.54) is 16.8 Å². The summed E-state index contributed by atoms with van der Waals surface area (Å²) in [5.41, 5.74) is 4.01. The Morgan fingerprint density at radius 3 is 2.31 bits per heavy atom. The van der Waals surface area contributed by atoms with E-state index in [9.17, 15) is 0 Å². The van der Waals surface area contributed by atoms with Crippen molar-refractivity contribution in [2.45, 2.75) is 32.7 Å². The second-order valence-corrected chi connectivity index (χ2v) is 4.34. The van der Waals surface area contributed by atoms with Crippen LogP contribution in [-0.2, 0) is 25.9 Å². The van der Waals surface area contributed by atoms with Gasteiger partial charge in [-0.3, -0.25) is 4.99 Å². The van der Waals surface area contributed by atoms with Crippen molar-refractivity contribution in [3.05, 3.63) is 35.4 Å². The van der Waals surface area contributed by atoms with E-state index in [-0.39, 0.29) is 49.8 Å². The molecule has 1 aromatic carbocycles. The maximum absolute atomic E-state index is 4.67. The molecular weight excluding hydrogens is 294 g/mol. The Morgan fingerprint density at radius 1 is 1.12 bits per heavy atom. The molecule has 0 spiro atoms. The number of fused-ring (bicyclic) bond motifs is 1. The zero-order valence-electron chi connectivity index (χ0n) is 9.93. The Hall–Kier alpha value is 0.0934. The van der Waals surface area contributed by atoms with Crippen LogP contribution in [0.1, 0.15) is 31.9 Å². The summed E-state index contributed by atoms with van der Waals surface area (Å²) in [5.74, 6) is 0. The van der Waals surface area contributed by atoms with Crippen LogP contribution in [-0.4, -0.2) is 11.3 Å². The maximum atomic E-state index is 4.67.